The Labute approximate surface area is 228 Å². The third-order valence-electron chi connectivity index (χ3n) is 7.61. The summed E-state index contributed by atoms with van der Waals surface area (Å²) in [7, 11) is 0. The summed E-state index contributed by atoms with van der Waals surface area (Å²) in [5, 5.41) is 4.94. The van der Waals surface area contributed by atoms with E-state index in [1.54, 1.807) is 24.3 Å². The number of carbonyl (C=O) groups is 4. The molecule has 202 valence electrons. The molecule has 39 heavy (non-hydrogen) atoms. The van der Waals surface area contributed by atoms with Crippen molar-refractivity contribution in [3.05, 3.63) is 76.6 Å². The van der Waals surface area contributed by atoms with Crippen LogP contribution >= 0.6 is 0 Å². The summed E-state index contributed by atoms with van der Waals surface area (Å²) in [4.78, 5) is 58.4. The molecule has 0 bridgehead atoms. The van der Waals surface area contributed by atoms with Crippen molar-refractivity contribution in [2.75, 3.05) is 18.8 Å². The minimum atomic E-state index is -3.23. The lowest BCUT2D eigenvalue weighted by Crippen LogP contribution is -2.54. The fourth-order valence-corrected chi connectivity index (χ4v) is 5.30. The second kappa shape index (κ2) is 10.1. The second-order valence-electron chi connectivity index (χ2n) is 10.2. The van der Waals surface area contributed by atoms with Gasteiger partial charge in [-0.2, -0.15) is 0 Å². The lowest BCUT2D eigenvalue weighted by molar-refractivity contribution is -0.151. The molecule has 3 aliphatic rings. The Balaban J connectivity index is 1.42. The molecule has 2 heterocycles. The molecular formula is C28H27F2N5O4. The molecule has 0 aromatic heterocycles. The van der Waals surface area contributed by atoms with Gasteiger partial charge < -0.3 is 15.5 Å². The van der Waals surface area contributed by atoms with Crippen molar-refractivity contribution in [1.82, 2.24) is 15.1 Å². The van der Waals surface area contributed by atoms with Crippen LogP contribution in [0, 0.1) is 24.1 Å². The molecule has 2 aromatic rings. The van der Waals surface area contributed by atoms with Crippen LogP contribution in [0.25, 0.3) is 4.85 Å². The number of amides is 4. The van der Waals surface area contributed by atoms with Crippen LogP contribution in [-0.4, -0.2) is 59.2 Å². The summed E-state index contributed by atoms with van der Waals surface area (Å²) in [6, 6.07) is 7.93. The zero-order chi connectivity index (χ0) is 30.4. The van der Waals surface area contributed by atoms with Crippen molar-refractivity contribution in [2.45, 2.75) is 49.9 Å². The van der Waals surface area contributed by atoms with Gasteiger partial charge in [-0.05, 0) is 30.0 Å². The Bertz CT molecular complexity index is 1510. The SMILES string of the molecule is [2H]C([2H])([2H])N(C(=O)C(=O)NCc1ccc(F)cc1F)[C@@H](CC1CC1)C(=O)N1C[C@]2(C[C@H]1[N+]#[C-])C(=O)Nc1ccccc12. The van der Waals surface area contributed by atoms with Gasteiger partial charge in [0.1, 0.15) is 23.1 Å². The summed E-state index contributed by atoms with van der Waals surface area (Å²) in [6.45, 7) is 3.79. The Hall–Kier alpha value is -4.33. The first kappa shape index (κ1) is 22.6. The molecule has 5 rings (SSSR count). The van der Waals surface area contributed by atoms with Gasteiger partial charge in [0.05, 0.1) is 6.42 Å². The quantitative estimate of drug-likeness (QED) is 0.436. The van der Waals surface area contributed by atoms with Gasteiger partial charge in [-0.3, -0.25) is 28.9 Å². The van der Waals surface area contributed by atoms with E-state index in [2.05, 4.69) is 15.5 Å². The van der Waals surface area contributed by atoms with Gasteiger partial charge >= 0.3 is 18.0 Å². The minimum absolute atomic E-state index is 0.0212. The topological polar surface area (TPSA) is 103 Å². The van der Waals surface area contributed by atoms with Crippen LogP contribution in [0.15, 0.2) is 42.5 Å². The van der Waals surface area contributed by atoms with E-state index in [-0.39, 0.29) is 41.7 Å². The first-order valence-electron chi connectivity index (χ1n) is 14.0. The van der Waals surface area contributed by atoms with E-state index >= 15 is 0 Å². The number of nitrogens with zero attached hydrogens (tertiary/aromatic N) is 3. The third kappa shape index (κ3) is 4.82. The molecule has 2 aliphatic heterocycles. The standard InChI is InChI=1S/C28H27F2N5O4/c1-31-23-13-28(19-5-3-4-6-21(19)33-27(28)39)15-35(23)25(37)22(11-16-7-8-16)34(2)26(38)24(36)32-14-17-9-10-18(29)12-20(17)30/h3-6,9-10,12,16,22-23H,7-8,11,13-15H2,2H3,(H,32,36)(H,33,39)/t22-,23-,28-/m0/s1/i2D3. The average Bonchev–Trinajstić information content (AvgIpc) is 3.60. The van der Waals surface area contributed by atoms with Gasteiger partial charge in [-0.25, -0.2) is 15.4 Å². The van der Waals surface area contributed by atoms with Gasteiger partial charge in [-0.1, -0.05) is 37.1 Å². The molecule has 2 N–H and O–H groups in total. The number of halogens is 2. The summed E-state index contributed by atoms with van der Waals surface area (Å²) >= 11 is 0. The van der Waals surface area contributed by atoms with Crippen molar-refractivity contribution in [3.8, 4) is 0 Å². The minimum Gasteiger partial charge on any atom is -0.344 e. The molecule has 1 saturated heterocycles. The Morgan fingerprint density at radius 1 is 1.28 bits per heavy atom. The highest BCUT2D eigenvalue weighted by atomic mass is 19.1. The molecule has 0 radical (unpaired) electrons. The van der Waals surface area contributed by atoms with Gasteiger partial charge in [0.2, 0.25) is 5.91 Å². The summed E-state index contributed by atoms with van der Waals surface area (Å²) in [5.74, 6) is -6.05. The Morgan fingerprint density at radius 3 is 2.74 bits per heavy atom. The van der Waals surface area contributed by atoms with E-state index < -0.39 is 60.5 Å². The Morgan fingerprint density at radius 2 is 2.05 bits per heavy atom. The smallest absolute Gasteiger partial charge is 0.312 e. The molecule has 1 spiro atoms. The van der Waals surface area contributed by atoms with Crippen LogP contribution in [0.2, 0.25) is 0 Å². The second-order valence-corrected chi connectivity index (χ2v) is 10.2. The van der Waals surface area contributed by atoms with E-state index in [1.807, 2.05) is 0 Å². The zero-order valence-electron chi connectivity index (χ0n) is 23.7. The lowest BCUT2D eigenvalue weighted by atomic mass is 9.80. The first-order chi connectivity index (χ1) is 19.9. The number of likely N-dealkylation sites (N-methyl/N-ethyl adjacent to an activating group) is 1. The maximum Gasteiger partial charge on any atom is 0.312 e. The van der Waals surface area contributed by atoms with Crippen molar-refractivity contribution in [3.63, 3.8) is 0 Å². The highest BCUT2D eigenvalue weighted by Gasteiger charge is 2.59. The highest BCUT2D eigenvalue weighted by molar-refractivity contribution is 6.35. The molecule has 2 fully saturated rings. The highest BCUT2D eigenvalue weighted by Crippen LogP contribution is 2.47. The summed E-state index contributed by atoms with van der Waals surface area (Å²) < 4.78 is 51.5. The van der Waals surface area contributed by atoms with Crippen molar-refractivity contribution in [2.24, 2.45) is 5.92 Å². The number of nitrogens with one attached hydrogen (secondary N) is 2. The van der Waals surface area contributed by atoms with Gasteiger partial charge in [0.25, 0.3) is 5.91 Å². The van der Waals surface area contributed by atoms with Gasteiger partial charge in [0, 0.05) is 41.5 Å². The van der Waals surface area contributed by atoms with E-state index in [1.165, 1.54) is 0 Å². The fraction of sp³-hybridized carbons (Fsp3) is 0.393. The van der Waals surface area contributed by atoms with Crippen LogP contribution in [0.3, 0.4) is 0 Å². The first-order valence-corrected chi connectivity index (χ1v) is 12.5. The molecule has 3 atom stereocenters. The maximum atomic E-state index is 14.1. The molecular weight excluding hydrogens is 508 g/mol. The maximum absolute atomic E-state index is 14.1. The van der Waals surface area contributed by atoms with Crippen molar-refractivity contribution < 1.29 is 32.1 Å². The molecule has 4 amide bonds. The number of carbonyl (C=O) groups excluding carboxylic acids is 4. The van der Waals surface area contributed by atoms with Crippen LogP contribution in [0.4, 0.5) is 14.5 Å². The molecule has 1 saturated carbocycles. The summed E-state index contributed by atoms with van der Waals surface area (Å²) in [6.07, 6.45) is 0.191. The normalized spacial score (nSPS) is 23.6. The predicted octanol–water partition coefficient (Wildman–Crippen LogP) is 2.58. The molecule has 11 heteroatoms. The van der Waals surface area contributed by atoms with Crippen molar-refractivity contribution in [1.29, 1.82) is 0 Å². The van der Waals surface area contributed by atoms with E-state index in [9.17, 15) is 28.0 Å². The number of para-hydroxylation sites is 1. The van der Waals surface area contributed by atoms with E-state index in [4.69, 9.17) is 10.7 Å². The third-order valence-corrected chi connectivity index (χ3v) is 7.61. The average molecular weight is 539 g/mol. The number of fused-ring (bicyclic) bond motifs is 2. The van der Waals surface area contributed by atoms with E-state index in [0.717, 1.165) is 17.0 Å². The predicted molar refractivity (Wildman–Crippen MR) is 136 cm³/mol. The summed E-state index contributed by atoms with van der Waals surface area (Å²) in [5.41, 5.74) is -0.185. The monoisotopic (exact) mass is 538 g/mol. The number of anilines is 1. The lowest BCUT2D eigenvalue weighted by Gasteiger charge is -2.31. The number of rotatable bonds is 6. The number of likely N-dealkylation sites (tertiary alicyclic amines) is 1. The van der Waals surface area contributed by atoms with Crippen LogP contribution in [0.5, 0.6) is 0 Å². The molecule has 1 aliphatic carbocycles. The zero-order valence-corrected chi connectivity index (χ0v) is 20.7. The van der Waals surface area contributed by atoms with Gasteiger partial charge in [-0.15, -0.1) is 0 Å². The fourth-order valence-electron chi connectivity index (χ4n) is 5.30. The van der Waals surface area contributed by atoms with Gasteiger partial charge in [0.15, 0.2) is 0 Å². The van der Waals surface area contributed by atoms with E-state index in [0.29, 0.717) is 30.2 Å². The van der Waals surface area contributed by atoms with Crippen LogP contribution in [-0.2, 0) is 31.1 Å². The molecule has 0 unspecified atom stereocenters. The van der Waals surface area contributed by atoms with Crippen molar-refractivity contribution >= 4 is 29.3 Å². The number of hydrogen-bond donors (Lipinski definition) is 2. The number of benzene rings is 2. The van der Waals surface area contributed by atoms with Crippen LogP contribution < -0.4 is 10.6 Å². The molecule has 9 nitrogen and oxygen atoms in total. The molecule has 2 aromatic carbocycles. The number of hydrogen-bond acceptors (Lipinski definition) is 4. The Kier molecular flexibility index (Phi) is 5.86. The van der Waals surface area contributed by atoms with Crippen LogP contribution in [0.1, 0.15) is 40.9 Å². The largest absolute Gasteiger partial charge is 0.344 e.